The van der Waals surface area contributed by atoms with Crippen molar-refractivity contribution in [1.82, 2.24) is 50.5 Å². The third kappa shape index (κ3) is 7.89. The van der Waals surface area contributed by atoms with Crippen LogP contribution in [-0.4, -0.2) is 89.8 Å². The van der Waals surface area contributed by atoms with Gasteiger partial charge in [0, 0.05) is 115 Å². The molecule has 13 heteroatoms. The van der Waals surface area contributed by atoms with Crippen molar-refractivity contribution in [3.8, 4) is 0 Å². The molecular formula is C43H56N12O. The van der Waals surface area contributed by atoms with Crippen LogP contribution in [0.2, 0.25) is 0 Å². The number of hydrogen-bond donors (Lipinski definition) is 5. The Morgan fingerprint density at radius 2 is 1.29 bits per heavy atom. The molecule has 0 radical (unpaired) electrons. The lowest BCUT2D eigenvalue weighted by Crippen LogP contribution is -2.40. The van der Waals surface area contributed by atoms with Crippen LogP contribution < -0.4 is 20.4 Å². The highest BCUT2D eigenvalue weighted by Gasteiger charge is 2.31. The van der Waals surface area contributed by atoms with Gasteiger partial charge in [0.25, 0.3) is 0 Å². The minimum atomic E-state index is 0. The van der Waals surface area contributed by atoms with E-state index in [-0.39, 0.29) is 14.0 Å². The fraction of sp³-hybridized carbons (Fsp3) is 0.442. The average Bonchev–Trinajstić information content (AvgIpc) is 3.92. The van der Waals surface area contributed by atoms with Gasteiger partial charge in [-0.15, -0.1) is 0 Å². The van der Waals surface area contributed by atoms with Crippen molar-refractivity contribution in [3.05, 3.63) is 102 Å². The van der Waals surface area contributed by atoms with Crippen LogP contribution >= 0.6 is 0 Å². The Balaban J connectivity index is 0.000000158. The molecule has 0 aromatic carbocycles. The molecule has 0 spiro atoms. The van der Waals surface area contributed by atoms with E-state index in [1.807, 2.05) is 24.8 Å². The molecule has 294 valence electrons. The average molecular weight is 757 g/mol. The van der Waals surface area contributed by atoms with E-state index in [4.69, 9.17) is 10.1 Å². The number of piperidine rings is 1. The molecule has 4 aliphatic rings. The number of nitrogens with one attached hydrogen (secondary N) is 4. The standard InChI is InChI=1S/C20H24N6.C20H22N6.C2H6O.CH4/c2*1-13-10-17-16(19(25-12-24-17)14-2-6-21-7-3-14)11-26(13)18-5-9-23-20-15(18)4-8-22-20;1-2-3;/h4-5,8-9,12-14,21H,2-3,6-7,10-11H2,1H3,(H,22,23);2,4-5,8-9,12-13,21H,3,6-7,10-11H2,1H3,(H,22,23);3H,2H2,1H3;1H4/t2*13-;;/m11../s1. The summed E-state index contributed by atoms with van der Waals surface area (Å²) in [5.74, 6) is 0.549. The van der Waals surface area contributed by atoms with Crippen molar-refractivity contribution in [1.29, 1.82) is 0 Å². The fourth-order valence-corrected chi connectivity index (χ4v) is 8.64. The van der Waals surface area contributed by atoms with E-state index in [9.17, 15) is 0 Å². The molecule has 0 saturated carbocycles. The summed E-state index contributed by atoms with van der Waals surface area (Å²) in [7, 11) is 0. The quantitative estimate of drug-likeness (QED) is 0.142. The van der Waals surface area contributed by atoms with E-state index in [0.29, 0.717) is 18.0 Å². The molecule has 0 bridgehead atoms. The summed E-state index contributed by atoms with van der Waals surface area (Å²) in [4.78, 5) is 38.9. The summed E-state index contributed by atoms with van der Waals surface area (Å²) in [6, 6.07) is 9.26. The van der Waals surface area contributed by atoms with Crippen LogP contribution in [0.3, 0.4) is 0 Å². The summed E-state index contributed by atoms with van der Waals surface area (Å²) in [6.07, 6.45) is 18.7. The van der Waals surface area contributed by atoms with Crippen LogP contribution in [0, 0.1) is 0 Å². The molecule has 1 saturated heterocycles. The summed E-state index contributed by atoms with van der Waals surface area (Å²) < 4.78 is 0. The van der Waals surface area contributed by atoms with Crippen molar-refractivity contribution in [2.75, 3.05) is 42.6 Å². The van der Waals surface area contributed by atoms with Crippen LogP contribution in [0.5, 0.6) is 0 Å². The second-order valence-electron chi connectivity index (χ2n) is 14.9. The van der Waals surface area contributed by atoms with E-state index >= 15 is 0 Å². The number of H-pyrrole nitrogens is 2. The molecule has 2 atom stereocenters. The lowest BCUT2D eigenvalue weighted by atomic mass is 9.88. The van der Waals surface area contributed by atoms with Gasteiger partial charge in [0.1, 0.15) is 23.9 Å². The lowest BCUT2D eigenvalue weighted by Gasteiger charge is -2.38. The maximum atomic E-state index is 7.57. The van der Waals surface area contributed by atoms with Gasteiger partial charge in [-0.25, -0.2) is 29.9 Å². The largest absolute Gasteiger partial charge is 0.397 e. The van der Waals surface area contributed by atoms with Gasteiger partial charge in [-0.3, -0.25) is 0 Å². The highest BCUT2D eigenvalue weighted by atomic mass is 16.2. The number of anilines is 2. The van der Waals surface area contributed by atoms with Gasteiger partial charge < -0.3 is 35.5 Å². The van der Waals surface area contributed by atoms with E-state index in [2.05, 4.69) is 99.5 Å². The lowest BCUT2D eigenvalue weighted by molar-refractivity contribution is 0.318. The molecule has 6 aromatic heterocycles. The number of aliphatic hydroxyl groups excluding tert-OH is 1. The van der Waals surface area contributed by atoms with E-state index in [1.165, 1.54) is 55.9 Å². The summed E-state index contributed by atoms with van der Waals surface area (Å²) in [5, 5.41) is 16.8. The molecule has 6 aromatic rings. The van der Waals surface area contributed by atoms with Crippen LogP contribution in [0.1, 0.15) is 87.3 Å². The number of aliphatic hydroxyl groups is 1. The first kappa shape index (κ1) is 39.0. The topological polar surface area (TPSA) is 160 Å². The monoisotopic (exact) mass is 756 g/mol. The predicted molar refractivity (Wildman–Crippen MR) is 225 cm³/mol. The molecule has 0 aliphatic carbocycles. The number of nitrogens with zero attached hydrogens (tertiary/aromatic N) is 8. The Morgan fingerprint density at radius 1 is 0.714 bits per heavy atom. The molecule has 56 heavy (non-hydrogen) atoms. The zero-order valence-corrected chi connectivity index (χ0v) is 32.1. The van der Waals surface area contributed by atoms with Gasteiger partial charge in [0.15, 0.2) is 0 Å². The van der Waals surface area contributed by atoms with Gasteiger partial charge in [-0.05, 0) is 89.5 Å². The fourth-order valence-electron chi connectivity index (χ4n) is 8.64. The predicted octanol–water partition coefficient (Wildman–Crippen LogP) is 6.09. The smallest absolute Gasteiger partial charge is 0.139 e. The van der Waals surface area contributed by atoms with Gasteiger partial charge >= 0.3 is 0 Å². The molecule has 0 amide bonds. The number of fused-ring (bicyclic) bond motifs is 4. The molecule has 10 heterocycles. The van der Waals surface area contributed by atoms with Gasteiger partial charge in [0.05, 0.1) is 22.8 Å². The van der Waals surface area contributed by atoms with E-state index in [1.54, 1.807) is 19.6 Å². The van der Waals surface area contributed by atoms with Crippen LogP contribution in [-0.2, 0) is 25.9 Å². The third-order valence-corrected chi connectivity index (χ3v) is 11.4. The highest BCUT2D eigenvalue weighted by Crippen LogP contribution is 2.37. The molecule has 4 aliphatic heterocycles. The number of rotatable bonds is 4. The Labute approximate surface area is 329 Å². The molecule has 13 nitrogen and oxygen atoms in total. The first-order valence-corrected chi connectivity index (χ1v) is 19.8. The van der Waals surface area contributed by atoms with E-state index in [0.717, 1.165) is 88.4 Å². The Bertz CT molecular complexity index is 2260. The second kappa shape index (κ2) is 17.7. The number of aromatic nitrogens is 8. The molecule has 5 N–H and O–H groups in total. The zero-order chi connectivity index (χ0) is 37.7. The molecule has 10 rings (SSSR count). The zero-order valence-electron chi connectivity index (χ0n) is 32.1. The van der Waals surface area contributed by atoms with Crippen molar-refractivity contribution in [2.45, 2.75) is 91.4 Å². The number of hydrogen-bond acceptors (Lipinski definition) is 11. The first-order valence-electron chi connectivity index (χ1n) is 19.8. The Hall–Kier alpha value is -5.24. The second-order valence-corrected chi connectivity index (χ2v) is 14.9. The maximum absolute atomic E-state index is 7.57. The van der Waals surface area contributed by atoms with Crippen LogP contribution in [0.25, 0.3) is 27.6 Å². The van der Waals surface area contributed by atoms with Crippen molar-refractivity contribution in [3.63, 3.8) is 0 Å². The normalized spacial score (nSPS) is 19.5. The number of aromatic amines is 2. The molecular weight excluding hydrogens is 701 g/mol. The molecule has 1 fully saturated rings. The van der Waals surface area contributed by atoms with Crippen molar-refractivity contribution >= 4 is 39.0 Å². The minimum absolute atomic E-state index is 0. The summed E-state index contributed by atoms with van der Waals surface area (Å²) >= 11 is 0. The van der Waals surface area contributed by atoms with Crippen LogP contribution in [0.4, 0.5) is 11.4 Å². The van der Waals surface area contributed by atoms with Crippen molar-refractivity contribution in [2.24, 2.45) is 0 Å². The first-order chi connectivity index (χ1) is 27.0. The Kier molecular flexibility index (Phi) is 12.3. The van der Waals surface area contributed by atoms with Crippen molar-refractivity contribution < 1.29 is 5.11 Å². The van der Waals surface area contributed by atoms with Gasteiger partial charge in [0.2, 0.25) is 0 Å². The number of pyridine rings is 2. The van der Waals surface area contributed by atoms with Crippen LogP contribution in [0.15, 0.2) is 67.8 Å². The Morgan fingerprint density at radius 3 is 1.88 bits per heavy atom. The minimum Gasteiger partial charge on any atom is -0.397 e. The maximum Gasteiger partial charge on any atom is 0.139 e. The molecule has 0 unspecified atom stereocenters. The van der Waals surface area contributed by atoms with Gasteiger partial charge in [-0.1, -0.05) is 13.5 Å². The SMILES string of the molecule is C.CCO.C[C@@H]1Cc2ncnc(C3=CCNCC3)c2CN1c1ccnc2[nH]ccc12.C[C@@H]1Cc2ncnc(C3CCNCC3)c2CN1c1ccnc2[nH]ccc12. The van der Waals surface area contributed by atoms with Gasteiger partial charge in [-0.2, -0.15) is 0 Å². The highest BCUT2D eigenvalue weighted by molar-refractivity contribution is 5.91. The van der Waals surface area contributed by atoms with E-state index < -0.39 is 0 Å². The third-order valence-electron chi connectivity index (χ3n) is 11.4. The summed E-state index contributed by atoms with van der Waals surface area (Å²) in [6.45, 7) is 12.3. The summed E-state index contributed by atoms with van der Waals surface area (Å²) in [5.41, 5.74) is 13.2.